The van der Waals surface area contributed by atoms with Crippen molar-refractivity contribution >= 4 is 21.7 Å². The fourth-order valence-corrected chi connectivity index (χ4v) is 3.18. The van der Waals surface area contributed by atoms with Crippen molar-refractivity contribution in [1.29, 1.82) is 0 Å². The maximum Gasteiger partial charge on any atom is 0.303 e. The van der Waals surface area contributed by atoms with Gasteiger partial charge in [0.1, 0.15) is 5.75 Å². The van der Waals surface area contributed by atoms with E-state index in [0.717, 1.165) is 19.3 Å². The molecule has 1 N–H and O–H groups in total. The largest absolute Gasteiger partial charge is 0.481 e. The van der Waals surface area contributed by atoms with Gasteiger partial charge in [-0.3, -0.25) is 9.59 Å². The lowest BCUT2D eigenvalue weighted by molar-refractivity contribution is -0.139. The Hall–Kier alpha value is -1.11. The fraction of sp³-hybridized carbons (Fsp3) is 0.846. The normalized spacial score (nSPS) is 20.1. The first-order valence-electron chi connectivity index (χ1n) is 6.97. The monoisotopic (exact) mass is 305 g/mol. The minimum absolute atomic E-state index is 0.00533. The number of carboxylic acid groups (broad SMARTS) is 1. The SMILES string of the molecule is CC(C)S(=O)(=O)CC(=O)N1CCCCC1CCC(=O)O. The number of amides is 1. The Balaban J connectivity index is 2.69. The first-order valence-corrected chi connectivity index (χ1v) is 8.68. The van der Waals surface area contributed by atoms with Crippen molar-refractivity contribution in [3.05, 3.63) is 0 Å². The fourth-order valence-electron chi connectivity index (χ4n) is 2.34. The summed E-state index contributed by atoms with van der Waals surface area (Å²) < 4.78 is 23.6. The molecular weight excluding hydrogens is 282 g/mol. The lowest BCUT2D eigenvalue weighted by atomic mass is 9.98. The quantitative estimate of drug-likeness (QED) is 0.792. The summed E-state index contributed by atoms with van der Waals surface area (Å²) in [5, 5.41) is 8.15. The average molecular weight is 305 g/mol. The number of piperidine rings is 1. The van der Waals surface area contributed by atoms with Gasteiger partial charge in [0.15, 0.2) is 9.84 Å². The molecule has 1 aliphatic rings. The average Bonchev–Trinajstić information content (AvgIpc) is 2.35. The molecule has 0 aromatic carbocycles. The number of carbonyl (C=O) groups excluding carboxylic acids is 1. The Morgan fingerprint density at radius 2 is 1.95 bits per heavy atom. The van der Waals surface area contributed by atoms with Crippen LogP contribution >= 0.6 is 0 Å². The maximum absolute atomic E-state index is 12.2. The van der Waals surface area contributed by atoms with Crippen LogP contribution in [0.15, 0.2) is 0 Å². The second kappa shape index (κ2) is 7.06. The highest BCUT2D eigenvalue weighted by Gasteiger charge is 2.30. The number of sulfone groups is 1. The van der Waals surface area contributed by atoms with E-state index >= 15 is 0 Å². The molecule has 1 rings (SSSR count). The van der Waals surface area contributed by atoms with Crippen LogP contribution in [-0.2, 0) is 19.4 Å². The van der Waals surface area contributed by atoms with E-state index in [0.29, 0.717) is 13.0 Å². The zero-order valence-corrected chi connectivity index (χ0v) is 12.9. The zero-order chi connectivity index (χ0) is 15.3. The number of rotatable bonds is 6. The molecule has 0 bridgehead atoms. The van der Waals surface area contributed by atoms with Crippen LogP contribution < -0.4 is 0 Å². The molecular formula is C13H23NO5S. The standard InChI is InChI=1S/C13H23NO5S/c1-10(2)20(18,19)9-12(15)14-8-4-3-5-11(14)6-7-13(16)17/h10-11H,3-9H2,1-2H3,(H,16,17). The molecule has 1 heterocycles. The summed E-state index contributed by atoms with van der Waals surface area (Å²) in [6, 6.07) is -0.144. The van der Waals surface area contributed by atoms with Crippen molar-refractivity contribution in [2.75, 3.05) is 12.3 Å². The summed E-state index contributed by atoms with van der Waals surface area (Å²) in [5.74, 6) is -1.76. The second-order valence-electron chi connectivity index (χ2n) is 5.53. The molecule has 7 heteroatoms. The van der Waals surface area contributed by atoms with E-state index in [1.54, 1.807) is 18.7 Å². The van der Waals surface area contributed by atoms with E-state index in [4.69, 9.17) is 5.11 Å². The Kier molecular flexibility index (Phi) is 5.98. The minimum atomic E-state index is -3.41. The lowest BCUT2D eigenvalue weighted by Gasteiger charge is -2.35. The van der Waals surface area contributed by atoms with E-state index in [9.17, 15) is 18.0 Å². The molecule has 1 atom stereocenters. The summed E-state index contributed by atoms with van der Waals surface area (Å²) in [6.45, 7) is 3.64. The summed E-state index contributed by atoms with van der Waals surface area (Å²) in [7, 11) is -3.41. The molecule has 0 saturated carbocycles. The lowest BCUT2D eigenvalue weighted by Crippen LogP contribution is -2.46. The highest BCUT2D eigenvalue weighted by molar-refractivity contribution is 7.92. The smallest absolute Gasteiger partial charge is 0.303 e. The predicted octanol–water partition coefficient (Wildman–Crippen LogP) is 1.06. The number of hydrogen-bond acceptors (Lipinski definition) is 4. The third kappa shape index (κ3) is 4.77. The van der Waals surface area contributed by atoms with Crippen LogP contribution in [0.5, 0.6) is 0 Å². The molecule has 1 saturated heterocycles. The molecule has 0 aliphatic carbocycles. The summed E-state index contributed by atoms with van der Waals surface area (Å²) in [5.41, 5.74) is 0. The van der Waals surface area contributed by atoms with Crippen LogP contribution in [0.25, 0.3) is 0 Å². The number of carboxylic acids is 1. The molecule has 0 radical (unpaired) electrons. The van der Waals surface area contributed by atoms with Gasteiger partial charge in [0, 0.05) is 19.0 Å². The van der Waals surface area contributed by atoms with Crippen LogP contribution in [0.2, 0.25) is 0 Å². The van der Waals surface area contributed by atoms with Gasteiger partial charge >= 0.3 is 5.97 Å². The van der Waals surface area contributed by atoms with Crippen molar-refractivity contribution in [2.45, 2.75) is 57.2 Å². The molecule has 6 nitrogen and oxygen atoms in total. The number of likely N-dealkylation sites (tertiary alicyclic amines) is 1. The molecule has 1 unspecified atom stereocenters. The molecule has 116 valence electrons. The van der Waals surface area contributed by atoms with Gasteiger partial charge in [0.2, 0.25) is 5.91 Å². The van der Waals surface area contributed by atoms with E-state index < -0.39 is 32.7 Å². The van der Waals surface area contributed by atoms with Gasteiger partial charge in [-0.15, -0.1) is 0 Å². The van der Waals surface area contributed by atoms with Gasteiger partial charge in [-0.25, -0.2) is 8.42 Å². The van der Waals surface area contributed by atoms with Crippen molar-refractivity contribution < 1.29 is 23.1 Å². The topological polar surface area (TPSA) is 91.8 Å². The Labute approximate surface area is 120 Å². The first kappa shape index (κ1) is 16.9. The molecule has 0 aromatic heterocycles. The highest BCUT2D eigenvalue weighted by atomic mass is 32.2. The summed E-state index contributed by atoms with van der Waals surface area (Å²) in [4.78, 5) is 24.4. The molecule has 1 amide bonds. The van der Waals surface area contributed by atoms with E-state index in [1.165, 1.54) is 0 Å². The van der Waals surface area contributed by atoms with E-state index in [2.05, 4.69) is 0 Å². The zero-order valence-electron chi connectivity index (χ0n) is 12.0. The van der Waals surface area contributed by atoms with E-state index in [1.807, 2.05) is 0 Å². The minimum Gasteiger partial charge on any atom is -0.481 e. The first-order chi connectivity index (χ1) is 9.24. The van der Waals surface area contributed by atoms with Gasteiger partial charge < -0.3 is 10.0 Å². The number of aliphatic carboxylic acids is 1. The van der Waals surface area contributed by atoms with Crippen molar-refractivity contribution in [2.24, 2.45) is 0 Å². The molecule has 0 spiro atoms. The van der Waals surface area contributed by atoms with Crippen LogP contribution in [-0.4, -0.2) is 53.9 Å². The third-order valence-corrected chi connectivity index (χ3v) is 5.77. The second-order valence-corrected chi connectivity index (χ2v) is 8.08. The van der Waals surface area contributed by atoms with Crippen molar-refractivity contribution in [3.63, 3.8) is 0 Å². The Morgan fingerprint density at radius 3 is 2.50 bits per heavy atom. The van der Waals surface area contributed by atoms with Crippen LogP contribution in [0.1, 0.15) is 46.0 Å². The third-order valence-electron chi connectivity index (χ3n) is 3.68. The Bertz CT molecular complexity index is 457. The van der Waals surface area contributed by atoms with Crippen LogP contribution in [0.4, 0.5) is 0 Å². The van der Waals surface area contributed by atoms with Crippen LogP contribution in [0.3, 0.4) is 0 Å². The summed E-state index contributed by atoms with van der Waals surface area (Å²) >= 11 is 0. The highest BCUT2D eigenvalue weighted by Crippen LogP contribution is 2.21. The van der Waals surface area contributed by atoms with Gasteiger partial charge in [0.25, 0.3) is 0 Å². The molecule has 20 heavy (non-hydrogen) atoms. The predicted molar refractivity (Wildman–Crippen MR) is 75.1 cm³/mol. The number of nitrogens with zero attached hydrogens (tertiary/aromatic N) is 1. The van der Waals surface area contributed by atoms with E-state index in [-0.39, 0.29) is 12.5 Å². The van der Waals surface area contributed by atoms with Crippen LogP contribution in [0, 0.1) is 0 Å². The Morgan fingerprint density at radius 1 is 1.30 bits per heavy atom. The van der Waals surface area contributed by atoms with Gasteiger partial charge in [0.05, 0.1) is 5.25 Å². The van der Waals surface area contributed by atoms with Gasteiger partial charge in [-0.1, -0.05) is 0 Å². The summed E-state index contributed by atoms with van der Waals surface area (Å²) in [6.07, 6.45) is 2.94. The van der Waals surface area contributed by atoms with Crippen molar-refractivity contribution in [3.8, 4) is 0 Å². The molecule has 1 aliphatic heterocycles. The van der Waals surface area contributed by atoms with Crippen molar-refractivity contribution in [1.82, 2.24) is 4.90 Å². The number of carbonyl (C=O) groups is 2. The maximum atomic E-state index is 12.2. The van der Waals surface area contributed by atoms with Gasteiger partial charge in [-0.05, 0) is 39.5 Å². The van der Waals surface area contributed by atoms with Gasteiger partial charge in [-0.2, -0.15) is 0 Å². The number of hydrogen-bond donors (Lipinski definition) is 1. The molecule has 0 aromatic rings. The molecule has 1 fully saturated rings.